The van der Waals surface area contributed by atoms with E-state index in [9.17, 15) is 13.2 Å². The molecule has 0 aliphatic carbocycles. The topological polar surface area (TPSA) is 154 Å². The number of sulfonamides is 1. The van der Waals surface area contributed by atoms with E-state index in [1.165, 1.54) is 12.3 Å². The summed E-state index contributed by atoms with van der Waals surface area (Å²) in [5.41, 5.74) is 1.70. The molecule has 0 spiro atoms. The lowest BCUT2D eigenvalue weighted by Gasteiger charge is -2.08. The lowest BCUT2D eigenvalue weighted by Crippen LogP contribution is -2.28. The highest BCUT2D eigenvalue weighted by molar-refractivity contribution is 7.92. The van der Waals surface area contributed by atoms with Crippen LogP contribution >= 0.6 is 22.9 Å². The number of nitrogens with zero attached hydrogens (tertiary/aromatic N) is 3. The molecule has 3 aromatic rings. The van der Waals surface area contributed by atoms with Gasteiger partial charge in [0.2, 0.25) is 15.9 Å². The lowest BCUT2D eigenvalue weighted by molar-refractivity contribution is -0.122. The van der Waals surface area contributed by atoms with Gasteiger partial charge in [0.1, 0.15) is 10.3 Å². The second-order valence-corrected chi connectivity index (χ2v) is 9.11. The normalized spacial score (nSPS) is 11.8. The van der Waals surface area contributed by atoms with Crippen molar-refractivity contribution < 1.29 is 23.4 Å². The summed E-state index contributed by atoms with van der Waals surface area (Å²) in [6, 6.07) is 4.88. The highest BCUT2D eigenvalue weighted by atomic mass is 35.5. The summed E-state index contributed by atoms with van der Waals surface area (Å²) in [6.07, 6.45) is 2.46. The predicted molar refractivity (Wildman–Crippen MR) is 110 cm³/mol. The van der Waals surface area contributed by atoms with Crippen LogP contribution in [-0.2, 0) is 14.8 Å². The van der Waals surface area contributed by atoms with Gasteiger partial charge in [-0.3, -0.25) is 9.52 Å². The Morgan fingerprint density at radius 1 is 1.28 bits per heavy atom. The second-order valence-electron chi connectivity index (χ2n) is 6.03. The van der Waals surface area contributed by atoms with Gasteiger partial charge in [-0.05, 0) is 18.2 Å². The number of carbonyl (C=O) groups excluding carboxylic acids is 1. The molecule has 0 aliphatic heterocycles. The van der Waals surface area contributed by atoms with Crippen LogP contribution in [0.25, 0.3) is 21.6 Å². The van der Waals surface area contributed by atoms with Crippen LogP contribution in [0.1, 0.15) is 0 Å². The number of pyridine rings is 2. The fourth-order valence-electron chi connectivity index (χ4n) is 2.32. The van der Waals surface area contributed by atoms with Crippen molar-refractivity contribution in [1.29, 1.82) is 0 Å². The van der Waals surface area contributed by atoms with E-state index in [1.807, 2.05) is 0 Å². The minimum atomic E-state index is -3.53. The van der Waals surface area contributed by atoms with Gasteiger partial charge in [0.25, 0.3) is 0 Å². The molecule has 0 saturated carbocycles. The second kappa shape index (κ2) is 8.55. The number of hydrogen-bond donors (Lipinski definition) is 4. The van der Waals surface area contributed by atoms with Gasteiger partial charge < -0.3 is 15.5 Å². The maximum Gasteiger partial charge on any atom is 0.233 e. The molecule has 4 N–H and O–H groups in total. The van der Waals surface area contributed by atoms with Crippen molar-refractivity contribution in [3.63, 3.8) is 0 Å². The maximum absolute atomic E-state index is 12.0. The number of carbonyl (C=O) groups is 1. The Bertz CT molecular complexity index is 1160. The molecule has 29 heavy (non-hydrogen) atoms. The van der Waals surface area contributed by atoms with E-state index in [0.29, 0.717) is 21.6 Å². The summed E-state index contributed by atoms with van der Waals surface area (Å²) in [5.74, 6) is -1.49. The molecular weight excluding hydrogens is 442 g/mol. The van der Waals surface area contributed by atoms with E-state index in [2.05, 4.69) is 25.0 Å². The third-order valence-electron chi connectivity index (χ3n) is 3.73. The summed E-state index contributed by atoms with van der Waals surface area (Å²) in [5, 5.41) is 21.0. The van der Waals surface area contributed by atoms with Gasteiger partial charge >= 0.3 is 0 Å². The Morgan fingerprint density at radius 2 is 2.00 bits per heavy atom. The van der Waals surface area contributed by atoms with Gasteiger partial charge in [-0.1, -0.05) is 22.9 Å². The Kier molecular flexibility index (Phi) is 6.29. The number of aliphatic hydroxyl groups is 2. The summed E-state index contributed by atoms with van der Waals surface area (Å²) < 4.78 is 25.2. The van der Waals surface area contributed by atoms with Gasteiger partial charge in [-0.15, -0.1) is 0 Å². The standard InChI is InChI=1S/C16H16ClN5O5S2/c1-29(26,27)22-12-4-8(5-18-13(12)17)10-2-3-11-15(19-10)28-16(20-11)21-14(25)9(6-23)7-24/h2-5,9,22-24H,6-7H2,1H3,(H,20,21,25). The average molecular weight is 458 g/mol. The monoisotopic (exact) mass is 457 g/mol. The summed E-state index contributed by atoms with van der Waals surface area (Å²) in [6.45, 7) is -0.966. The first-order valence-corrected chi connectivity index (χ1v) is 11.2. The van der Waals surface area contributed by atoms with Gasteiger partial charge in [0, 0.05) is 11.8 Å². The number of halogens is 1. The predicted octanol–water partition coefficient (Wildman–Crippen LogP) is 1.32. The molecule has 0 atom stereocenters. The SMILES string of the molecule is CS(=O)(=O)Nc1cc(-c2ccc3nc(NC(=O)C(CO)CO)sc3n2)cnc1Cl. The summed E-state index contributed by atoms with van der Waals surface area (Å²) >= 11 is 7.06. The van der Waals surface area contributed by atoms with Crippen LogP contribution < -0.4 is 10.0 Å². The largest absolute Gasteiger partial charge is 0.395 e. The van der Waals surface area contributed by atoms with Crippen molar-refractivity contribution in [2.24, 2.45) is 5.92 Å². The van der Waals surface area contributed by atoms with Gasteiger partial charge in [0.15, 0.2) is 10.3 Å². The first-order valence-electron chi connectivity index (χ1n) is 8.14. The van der Waals surface area contributed by atoms with E-state index >= 15 is 0 Å². The number of aliphatic hydroxyl groups excluding tert-OH is 2. The number of thiazole rings is 1. The van der Waals surface area contributed by atoms with Crippen molar-refractivity contribution in [2.75, 3.05) is 29.5 Å². The first kappa shape index (κ1) is 21.3. The highest BCUT2D eigenvalue weighted by Crippen LogP contribution is 2.30. The molecular formula is C16H16ClN5O5S2. The number of amides is 1. The zero-order valence-electron chi connectivity index (χ0n) is 15.0. The maximum atomic E-state index is 12.0. The molecule has 3 rings (SSSR count). The summed E-state index contributed by atoms with van der Waals surface area (Å²) in [7, 11) is -3.53. The van der Waals surface area contributed by atoms with Crippen molar-refractivity contribution >= 4 is 60.0 Å². The van der Waals surface area contributed by atoms with Crippen LogP contribution in [0.5, 0.6) is 0 Å². The average Bonchev–Trinajstić information content (AvgIpc) is 3.04. The van der Waals surface area contributed by atoms with Gasteiger partial charge in [-0.25, -0.2) is 23.4 Å². The van der Waals surface area contributed by atoms with E-state index in [4.69, 9.17) is 21.8 Å². The van der Waals surface area contributed by atoms with Gasteiger partial charge in [-0.2, -0.15) is 0 Å². The Balaban J connectivity index is 1.90. The van der Waals surface area contributed by atoms with Crippen molar-refractivity contribution in [1.82, 2.24) is 15.0 Å². The smallest absolute Gasteiger partial charge is 0.233 e. The van der Waals surface area contributed by atoms with Crippen LogP contribution in [0.15, 0.2) is 24.4 Å². The minimum Gasteiger partial charge on any atom is -0.395 e. The fraction of sp³-hybridized carbons (Fsp3) is 0.250. The lowest BCUT2D eigenvalue weighted by atomic mass is 10.1. The number of anilines is 2. The van der Waals surface area contributed by atoms with Gasteiger partial charge in [0.05, 0.1) is 36.8 Å². The van der Waals surface area contributed by atoms with E-state index < -0.39 is 35.1 Å². The number of aromatic nitrogens is 3. The number of rotatable bonds is 7. The number of fused-ring (bicyclic) bond motifs is 1. The highest BCUT2D eigenvalue weighted by Gasteiger charge is 2.18. The molecule has 0 aromatic carbocycles. The molecule has 1 amide bonds. The van der Waals surface area contributed by atoms with Crippen LogP contribution in [-0.4, -0.2) is 59.0 Å². The Morgan fingerprint density at radius 3 is 2.66 bits per heavy atom. The van der Waals surface area contributed by atoms with Crippen molar-refractivity contribution in [3.8, 4) is 11.3 Å². The molecule has 13 heteroatoms. The Labute approximate surface area is 174 Å². The third kappa shape index (κ3) is 5.16. The molecule has 0 fully saturated rings. The van der Waals surface area contributed by atoms with E-state index in [0.717, 1.165) is 17.6 Å². The number of nitrogens with one attached hydrogen (secondary N) is 2. The molecule has 0 aliphatic rings. The van der Waals surface area contributed by atoms with Crippen molar-refractivity contribution in [3.05, 3.63) is 29.5 Å². The first-order chi connectivity index (χ1) is 13.7. The van der Waals surface area contributed by atoms with Crippen LogP contribution in [0.3, 0.4) is 0 Å². The Hall–Kier alpha value is -2.38. The molecule has 0 saturated heterocycles. The summed E-state index contributed by atoms with van der Waals surface area (Å²) in [4.78, 5) is 25.2. The van der Waals surface area contributed by atoms with Crippen molar-refractivity contribution in [2.45, 2.75) is 0 Å². The number of hydrogen-bond acceptors (Lipinski definition) is 9. The van der Waals surface area contributed by atoms with Crippen LogP contribution in [0.2, 0.25) is 5.15 Å². The molecule has 0 bridgehead atoms. The van der Waals surface area contributed by atoms with Crippen LogP contribution in [0.4, 0.5) is 10.8 Å². The fourth-order valence-corrected chi connectivity index (χ4v) is 3.92. The van der Waals surface area contributed by atoms with E-state index in [-0.39, 0.29) is 16.0 Å². The zero-order valence-corrected chi connectivity index (χ0v) is 17.3. The zero-order chi connectivity index (χ0) is 21.2. The van der Waals surface area contributed by atoms with E-state index in [1.54, 1.807) is 12.1 Å². The molecule has 0 radical (unpaired) electrons. The molecule has 10 nitrogen and oxygen atoms in total. The minimum absolute atomic E-state index is 0.00497. The molecule has 0 unspecified atom stereocenters. The quantitative estimate of drug-likeness (QED) is 0.387. The van der Waals surface area contributed by atoms with Crippen LogP contribution in [0, 0.1) is 5.92 Å². The molecule has 3 aromatic heterocycles. The third-order valence-corrected chi connectivity index (χ3v) is 5.50. The molecule has 3 heterocycles. The molecule has 154 valence electrons.